The van der Waals surface area contributed by atoms with Crippen LogP contribution in [0.25, 0.3) is 11.4 Å². The van der Waals surface area contributed by atoms with E-state index >= 15 is 0 Å². The molecule has 1 saturated heterocycles. The maximum atomic E-state index is 13.2. The van der Waals surface area contributed by atoms with Crippen molar-refractivity contribution in [3.8, 4) is 11.4 Å². The van der Waals surface area contributed by atoms with Crippen LogP contribution < -0.4 is 5.32 Å². The SMILES string of the molecule is O=C(c1cccc(-n2cnnn2)c1)N1CCC2(CC1)Nc1ccccc1-n1cccc12. The number of nitrogens with zero attached hydrogens (tertiary/aromatic N) is 6. The van der Waals surface area contributed by atoms with Gasteiger partial charge < -0.3 is 14.8 Å². The van der Waals surface area contributed by atoms with E-state index in [0.717, 1.165) is 24.2 Å². The largest absolute Gasteiger partial charge is 0.372 e. The molecule has 0 radical (unpaired) electrons. The molecule has 8 heteroatoms. The van der Waals surface area contributed by atoms with Crippen molar-refractivity contribution >= 4 is 11.6 Å². The van der Waals surface area contributed by atoms with Crippen LogP contribution in [-0.2, 0) is 5.54 Å². The molecule has 0 unspecified atom stereocenters. The molecule has 1 amide bonds. The minimum atomic E-state index is -0.164. The quantitative estimate of drug-likeness (QED) is 0.548. The monoisotopic (exact) mass is 411 g/mol. The van der Waals surface area contributed by atoms with Crippen molar-refractivity contribution < 1.29 is 4.79 Å². The Bertz CT molecular complexity index is 1250. The Kier molecular flexibility index (Phi) is 3.92. The average Bonchev–Trinajstić information content (AvgIpc) is 3.53. The van der Waals surface area contributed by atoms with Crippen molar-refractivity contribution in [2.45, 2.75) is 18.4 Å². The third kappa shape index (κ3) is 2.83. The summed E-state index contributed by atoms with van der Waals surface area (Å²) in [7, 11) is 0. The van der Waals surface area contributed by atoms with Crippen molar-refractivity contribution in [3.05, 3.63) is 84.4 Å². The van der Waals surface area contributed by atoms with Crippen molar-refractivity contribution in [1.29, 1.82) is 0 Å². The van der Waals surface area contributed by atoms with Crippen LogP contribution in [0.4, 0.5) is 5.69 Å². The number of tetrazole rings is 1. The van der Waals surface area contributed by atoms with Crippen molar-refractivity contribution in [2.75, 3.05) is 18.4 Å². The highest BCUT2D eigenvalue weighted by atomic mass is 16.2. The Balaban J connectivity index is 1.24. The van der Waals surface area contributed by atoms with Gasteiger partial charge in [0.25, 0.3) is 5.91 Å². The van der Waals surface area contributed by atoms with E-state index in [1.807, 2.05) is 29.2 Å². The van der Waals surface area contributed by atoms with Crippen LogP contribution in [0.15, 0.2) is 73.2 Å². The number of rotatable bonds is 2. The molecule has 4 aromatic rings. The maximum Gasteiger partial charge on any atom is 0.253 e. The van der Waals surface area contributed by atoms with E-state index < -0.39 is 0 Å². The van der Waals surface area contributed by atoms with Crippen LogP contribution >= 0.6 is 0 Å². The minimum Gasteiger partial charge on any atom is -0.372 e. The molecule has 1 N–H and O–H groups in total. The van der Waals surface area contributed by atoms with Gasteiger partial charge in [0.2, 0.25) is 0 Å². The zero-order chi connectivity index (χ0) is 20.8. The fraction of sp³-hybridized carbons (Fsp3) is 0.217. The molecule has 154 valence electrons. The second-order valence-corrected chi connectivity index (χ2v) is 8.08. The van der Waals surface area contributed by atoms with Crippen LogP contribution in [0.3, 0.4) is 0 Å². The van der Waals surface area contributed by atoms with Gasteiger partial charge in [-0.25, -0.2) is 4.68 Å². The minimum absolute atomic E-state index is 0.0383. The Morgan fingerprint density at radius 3 is 2.71 bits per heavy atom. The fourth-order valence-electron chi connectivity index (χ4n) is 4.81. The standard InChI is InChI=1S/C23H21N7O/c31-22(17-5-3-6-18(15-17)30-16-24-26-27-30)28-13-10-23(11-14-28)21-9-4-12-29(21)20-8-2-1-7-19(20)25-23/h1-9,12,15-16,25H,10-11,13-14H2. The number of para-hydroxylation sites is 2. The Morgan fingerprint density at radius 2 is 1.87 bits per heavy atom. The predicted molar refractivity (Wildman–Crippen MR) is 115 cm³/mol. The molecule has 1 spiro atoms. The van der Waals surface area contributed by atoms with Crippen LogP contribution in [0.2, 0.25) is 0 Å². The number of fused-ring (bicyclic) bond motifs is 4. The fourth-order valence-corrected chi connectivity index (χ4v) is 4.81. The van der Waals surface area contributed by atoms with Crippen LogP contribution in [0, 0.1) is 0 Å². The Morgan fingerprint density at radius 1 is 1.00 bits per heavy atom. The predicted octanol–water partition coefficient (Wildman–Crippen LogP) is 3.01. The highest BCUT2D eigenvalue weighted by Gasteiger charge is 2.42. The number of carbonyl (C=O) groups excluding carboxylic acids is 1. The smallest absolute Gasteiger partial charge is 0.253 e. The van der Waals surface area contributed by atoms with Gasteiger partial charge >= 0.3 is 0 Å². The number of hydrogen-bond acceptors (Lipinski definition) is 5. The first-order valence-corrected chi connectivity index (χ1v) is 10.4. The van der Waals surface area contributed by atoms with E-state index in [-0.39, 0.29) is 11.4 Å². The van der Waals surface area contributed by atoms with Gasteiger partial charge in [-0.05, 0) is 65.7 Å². The molecular weight excluding hydrogens is 390 g/mol. The molecule has 2 aliphatic rings. The third-order valence-electron chi connectivity index (χ3n) is 6.39. The summed E-state index contributed by atoms with van der Waals surface area (Å²) in [6.07, 6.45) is 5.35. The molecule has 8 nitrogen and oxygen atoms in total. The summed E-state index contributed by atoms with van der Waals surface area (Å²) in [6, 6.07) is 20.1. The molecular formula is C23H21N7O. The molecule has 1 fully saturated rings. The van der Waals surface area contributed by atoms with E-state index in [1.54, 1.807) is 4.68 Å². The highest BCUT2D eigenvalue weighted by molar-refractivity contribution is 5.94. The summed E-state index contributed by atoms with van der Waals surface area (Å²) >= 11 is 0. The van der Waals surface area contributed by atoms with E-state index in [9.17, 15) is 4.79 Å². The normalized spacial score (nSPS) is 16.5. The van der Waals surface area contributed by atoms with Gasteiger partial charge in [0.05, 0.1) is 22.6 Å². The summed E-state index contributed by atoms with van der Waals surface area (Å²) < 4.78 is 3.83. The van der Waals surface area contributed by atoms with Crippen molar-refractivity contribution in [1.82, 2.24) is 29.7 Å². The highest BCUT2D eigenvalue weighted by Crippen LogP contribution is 2.43. The summed E-state index contributed by atoms with van der Waals surface area (Å²) in [6.45, 7) is 1.38. The molecule has 2 aromatic carbocycles. The van der Waals surface area contributed by atoms with Gasteiger partial charge in [0.1, 0.15) is 6.33 Å². The first kappa shape index (κ1) is 17.9. The topological polar surface area (TPSA) is 80.9 Å². The number of amides is 1. The molecule has 6 rings (SSSR count). The molecule has 0 atom stereocenters. The first-order valence-electron chi connectivity index (χ1n) is 10.4. The van der Waals surface area contributed by atoms with Crippen molar-refractivity contribution in [2.24, 2.45) is 0 Å². The van der Waals surface area contributed by atoms with Gasteiger partial charge in [-0.2, -0.15) is 0 Å². The maximum absolute atomic E-state index is 13.2. The zero-order valence-electron chi connectivity index (χ0n) is 16.8. The lowest BCUT2D eigenvalue weighted by Crippen LogP contribution is -2.51. The number of piperidine rings is 1. The van der Waals surface area contributed by atoms with Crippen LogP contribution in [-0.4, -0.2) is 48.7 Å². The van der Waals surface area contributed by atoms with E-state index in [4.69, 9.17) is 0 Å². The van der Waals surface area contributed by atoms with Crippen LogP contribution in [0.1, 0.15) is 28.9 Å². The second-order valence-electron chi connectivity index (χ2n) is 8.08. The number of aromatic nitrogens is 5. The molecule has 2 aromatic heterocycles. The second kappa shape index (κ2) is 6.80. The number of carbonyl (C=O) groups is 1. The summed E-state index contributed by atoms with van der Waals surface area (Å²) in [5.74, 6) is 0.0383. The lowest BCUT2D eigenvalue weighted by Gasteiger charge is -2.46. The van der Waals surface area contributed by atoms with Gasteiger partial charge in [0.15, 0.2) is 0 Å². The lowest BCUT2D eigenvalue weighted by atomic mass is 9.82. The Labute approximate surface area is 179 Å². The number of hydrogen-bond donors (Lipinski definition) is 1. The first-order chi connectivity index (χ1) is 15.2. The zero-order valence-corrected chi connectivity index (χ0v) is 16.8. The molecule has 4 heterocycles. The van der Waals surface area contributed by atoms with E-state index in [0.29, 0.717) is 18.7 Å². The van der Waals surface area contributed by atoms with Crippen LogP contribution in [0.5, 0.6) is 0 Å². The Hall–Kier alpha value is -3.94. The van der Waals surface area contributed by atoms with E-state index in [1.165, 1.54) is 17.7 Å². The molecule has 0 saturated carbocycles. The number of likely N-dealkylation sites (tertiary alicyclic amines) is 1. The molecule has 0 aliphatic carbocycles. The molecule has 31 heavy (non-hydrogen) atoms. The van der Waals surface area contributed by atoms with Crippen molar-refractivity contribution in [3.63, 3.8) is 0 Å². The summed E-state index contributed by atoms with van der Waals surface area (Å²) in [4.78, 5) is 15.2. The van der Waals surface area contributed by atoms with E-state index in [2.05, 4.69) is 68.0 Å². The number of nitrogens with one attached hydrogen (secondary N) is 1. The number of benzene rings is 2. The van der Waals surface area contributed by atoms with Gasteiger partial charge in [-0.3, -0.25) is 4.79 Å². The molecule has 2 aliphatic heterocycles. The van der Waals surface area contributed by atoms with Gasteiger partial charge in [-0.1, -0.05) is 18.2 Å². The molecule has 0 bridgehead atoms. The van der Waals surface area contributed by atoms with Gasteiger partial charge in [0, 0.05) is 30.5 Å². The number of anilines is 1. The summed E-state index contributed by atoms with van der Waals surface area (Å²) in [5, 5.41) is 15.0. The lowest BCUT2D eigenvalue weighted by molar-refractivity contribution is 0.0676. The average molecular weight is 411 g/mol. The third-order valence-corrected chi connectivity index (χ3v) is 6.39. The summed E-state index contributed by atoms with van der Waals surface area (Å²) in [5.41, 5.74) is 4.83. The van der Waals surface area contributed by atoms with Gasteiger partial charge in [-0.15, -0.1) is 5.10 Å².